The molecule has 0 amide bonds. The molecule has 0 saturated carbocycles. The summed E-state index contributed by atoms with van der Waals surface area (Å²) in [6.07, 6.45) is 1.21. The first kappa shape index (κ1) is 15.2. The second-order valence-electron chi connectivity index (χ2n) is 5.94. The van der Waals surface area contributed by atoms with Crippen LogP contribution in [0.1, 0.15) is 39.7 Å². The Morgan fingerprint density at radius 1 is 1.06 bits per heavy atom. The molecule has 0 atom stereocenters. The van der Waals surface area contributed by atoms with Gasteiger partial charge in [0, 0.05) is 25.2 Å². The highest BCUT2D eigenvalue weighted by Crippen LogP contribution is 2.05. The highest BCUT2D eigenvalue weighted by atomic mass is 15.1. The smallest absolute Gasteiger partial charge is 0.0234 e. The molecule has 0 aliphatic carbocycles. The van der Waals surface area contributed by atoms with Crippen LogP contribution in [0.3, 0.4) is 0 Å². The minimum Gasteiger partial charge on any atom is -0.311 e. The molecular weight excluding hydrogens is 220 g/mol. The van der Waals surface area contributed by atoms with Gasteiger partial charge in [0.15, 0.2) is 0 Å². The molecular formula is C16H28N2. The van der Waals surface area contributed by atoms with Crippen LogP contribution >= 0.6 is 0 Å². The maximum Gasteiger partial charge on any atom is 0.0234 e. The Labute approximate surface area is 112 Å². The SMILES string of the molecule is CCCN(CCNC(C)(C)C)Cc1ccccc1. The predicted molar refractivity (Wildman–Crippen MR) is 79.8 cm³/mol. The maximum atomic E-state index is 3.55. The second-order valence-corrected chi connectivity index (χ2v) is 5.94. The van der Waals surface area contributed by atoms with Gasteiger partial charge in [-0.3, -0.25) is 4.90 Å². The average Bonchev–Trinajstić information content (AvgIpc) is 2.29. The van der Waals surface area contributed by atoms with Gasteiger partial charge in [0.05, 0.1) is 0 Å². The van der Waals surface area contributed by atoms with Crippen LogP contribution in [0.5, 0.6) is 0 Å². The fourth-order valence-electron chi connectivity index (χ4n) is 2.02. The Balaban J connectivity index is 2.40. The lowest BCUT2D eigenvalue weighted by atomic mass is 10.1. The zero-order valence-electron chi connectivity index (χ0n) is 12.4. The zero-order chi connectivity index (χ0) is 13.4. The van der Waals surface area contributed by atoms with Gasteiger partial charge in [0.2, 0.25) is 0 Å². The third-order valence-electron chi connectivity index (χ3n) is 2.87. The Kier molecular flexibility index (Phi) is 6.37. The van der Waals surface area contributed by atoms with E-state index in [0.717, 1.165) is 19.6 Å². The number of rotatable bonds is 7. The van der Waals surface area contributed by atoms with Gasteiger partial charge < -0.3 is 5.32 Å². The molecule has 0 spiro atoms. The van der Waals surface area contributed by atoms with Crippen LogP contribution in [0.25, 0.3) is 0 Å². The van der Waals surface area contributed by atoms with E-state index in [9.17, 15) is 0 Å². The van der Waals surface area contributed by atoms with E-state index < -0.39 is 0 Å². The van der Waals surface area contributed by atoms with E-state index in [4.69, 9.17) is 0 Å². The molecule has 0 unspecified atom stereocenters. The summed E-state index contributed by atoms with van der Waals surface area (Å²) in [7, 11) is 0. The Morgan fingerprint density at radius 3 is 2.28 bits per heavy atom. The molecule has 0 bridgehead atoms. The van der Waals surface area contributed by atoms with Crippen LogP contribution < -0.4 is 5.32 Å². The molecule has 2 nitrogen and oxygen atoms in total. The number of hydrogen-bond donors (Lipinski definition) is 1. The van der Waals surface area contributed by atoms with Crippen molar-refractivity contribution in [3.05, 3.63) is 35.9 Å². The molecule has 1 aromatic carbocycles. The fraction of sp³-hybridized carbons (Fsp3) is 0.625. The lowest BCUT2D eigenvalue weighted by Gasteiger charge is -2.26. The zero-order valence-corrected chi connectivity index (χ0v) is 12.4. The van der Waals surface area contributed by atoms with Gasteiger partial charge in [0.1, 0.15) is 0 Å². The molecule has 2 heteroatoms. The summed E-state index contributed by atoms with van der Waals surface area (Å²) in [6.45, 7) is 13.3. The van der Waals surface area contributed by atoms with Crippen LogP contribution in [-0.4, -0.2) is 30.1 Å². The number of benzene rings is 1. The van der Waals surface area contributed by atoms with Crippen LogP contribution in [0.15, 0.2) is 30.3 Å². The second kappa shape index (κ2) is 7.55. The van der Waals surface area contributed by atoms with E-state index in [1.54, 1.807) is 0 Å². The van der Waals surface area contributed by atoms with Gasteiger partial charge >= 0.3 is 0 Å². The van der Waals surface area contributed by atoms with E-state index in [2.05, 4.69) is 68.2 Å². The van der Waals surface area contributed by atoms with Gasteiger partial charge in [-0.1, -0.05) is 37.3 Å². The van der Waals surface area contributed by atoms with Crippen molar-refractivity contribution in [2.45, 2.75) is 46.2 Å². The van der Waals surface area contributed by atoms with Crippen molar-refractivity contribution >= 4 is 0 Å². The van der Waals surface area contributed by atoms with Gasteiger partial charge in [-0.25, -0.2) is 0 Å². The normalized spacial score (nSPS) is 12.1. The third-order valence-corrected chi connectivity index (χ3v) is 2.87. The maximum absolute atomic E-state index is 3.55. The Hall–Kier alpha value is -0.860. The fourth-order valence-corrected chi connectivity index (χ4v) is 2.02. The van der Waals surface area contributed by atoms with E-state index in [-0.39, 0.29) is 5.54 Å². The lowest BCUT2D eigenvalue weighted by Crippen LogP contribution is -2.41. The van der Waals surface area contributed by atoms with Crippen molar-refractivity contribution < 1.29 is 0 Å². The van der Waals surface area contributed by atoms with Crippen molar-refractivity contribution in [3.8, 4) is 0 Å². The van der Waals surface area contributed by atoms with Crippen LogP contribution in [0.2, 0.25) is 0 Å². The summed E-state index contributed by atoms with van der Waals surface area (Å²) >= 11 is 0. The monoisotopic (exact) mass is 248 g/mol. The summed E-state index contributed by atoms with van der Waals surface area (Å²) < 4.78 is 0. The molecule has 102 valence electrons. The molecule has 0 aliphatic heterocycles. The Morgan fingerprint density at radius 2 is 1.72 bits per heavy atom. The predicted octanol–water partition coefficient (Wildman–Crippen LogP) is 3.29. The topological polar surface area (TPSA) is 15.3 Å². The van der Waals surface area contributed by atoms with Gasteiger partial charge in [-0.05, 0) is 39.3 Å². The molecule has 0 radical (unpaired) electrons. The van der Waals surface area contributed by atoms with Crippen molar-refractivity contribution in [1.29, 1.82) is 0 Å². The molecule has 1 N–H and O–H groups in total. The summed E-state index contributed by atoms with van der Waals surface area (Å²) in [5.41, 5.74) is 1.62. The summed E-state index contributed by atoms with van der Waals surface area (Å²) in [5, 5.41) is 3.55. The largest absolute Gasteiger partial charge is 0.311 e. The third kappa shape index (κ3) is 6.77. The average molecular weight is 248 g/mol. The number of nitrogens with one attached hydrogen (secondary N) is 1. The van der Waals surface area contributed by atoms with E-state index in [1.807, 2.05) is 0 Å². The molecule has 0 aliphatic rings. The molecule has 0 fully saturated rings. The minimum atomic E-state index is 0.213. The minimum absolute atomic E-state index is 0.213. The van der Waals surface area contributed by atoms with E-state index in [1.165, 1.54) is 18.5 Å². The van der Waals surface area contributed by atoms with Crippen molar-refractivity contribution in [1.82, 2.24) is 10.2 Å². The number of nitrogens with zero attached hydrogens (tertiary/aromatic N) is 1. The summed E-state index contributed by atoms with van der Waals surface area (Å²) in [4.78, 5) is 2.52. The number of hydrogen-bond acceptors (Lipinski definition) is 2. The lowest BCUT2D eigenvalue weighted by molar-refractivity contribution is 0.254. The highest BCUT2D eigenvalue weighted by molar-refractivity contribution is 5.14. The first-order valence-corrected chi connectivity index (χ1v) is 7.02. The van der Waals surface area contributed by atoms with Crippen molar-refractivity contribution in [3.63, 3.8) is 0 Å². The molecule has 1 aromatic rings. The van der Waals surface area contributed by atoms with Gasteiger partial charge in [-0.15, -0.1) is 0 Å². The van der Waals surface area contributed by atoms with Crippen LogP contribution in [0, 0.1) is 0 Å². The molecule has 0 heterocycles. The van der Waals surface area contributed by atoms with Gasteiger partial charge in [-0.2, -0.15) is 0 Å². The highest BCUT2D eigenvalue weighted by Gasteiger charge is 2.10. The molecule has 18 heavy (non-hydrogen) atoms. The van der Waals surface area contributed by atoms with Crippen molar-refractivity contribution in [2.75, 3.05) is 19.6 Å². The van der Waals surface area contributed by atoms with Crippen LogP contribution in [0.4, 0.5) is 0 Å². The standard InChI is InChI=1S/C16H28N2/c1-5-12-18(13-11-17-16(2,3)4)14-15-9-7-6-8-10-15/h6-10,17H,5,11-14H2,1-4H3. The van der Waals surface area contributed by atoms with Gasteiger partial charge in [0.25, 0.3) is 0 Å². The molecule has 1 rings (SSSR count). The van der Waals surface area contributed by atoms with E-state index in [0.29, 0.717) is 0 Å². The first-order chi connectivity index (χ1) is 8.51. The van der Waals surface area contributed by atoms with Crippen molar-refractivity contribution in [2.24, 2.45) is 0 Å². The first-order valence-electron chi connectivity index (χ1n) is 7.02. The summed E-state index contributed by atoms with van der Waals surface area (Å²) in [5.74, 6) is 0. The molecule has 0 aromatic heterocycles. The summed E-state index contributed by atoms with van der Waals surface area (Å²) in [6, 6.07) is 10.7. The quantitative estimate of drug-likeness (QED) is 0.796. The Bertz CT molecular complexity index is 314. The van der Waals surface area contributed by atoms with E-state index >= 15 is 0 Å². The molecule has 0 saturated heterocycles. The van der Waals surface area contributed by atoms with Crippen LogP contribution in [-0.2, 0) is 6.54 Å².